The van der Waals surface area contributed by atoms with Crippen LogP contribution < -0.4 is 10.6 Å². The highest BCUT2D eigenvalue weighted by atomic mass is 16.5. The summed E-state index contributed by atoms with van der Waals surface area (Å²) in [5.74, 6) is -0.957. The van der Waals surface area contributed by atoms with Gasteiger partial charge in [0, 0.05) is 24.6 Å². The number of hydrogen-bond acceptors (Lipinski definition) is 5. The summed E-state index contributed by atoms with van der Waals surface area (Å²) in [6, 6.07) is 6.84. The molecular weight excluding hydrogens is 348 g/mol. The van der Waals surface area contributed by atoms with Crippen molar-refractivity contribution in [2.75, 3.05) is 13.2 Å². The Kier molecular flexibility index (Phi) is 5.85. The molecule has 1 aromatic carbocycles. The number of carbonyl (C=O) groups is 3. The van der Waals surface area contributed by atoms with Crippen LogP contribution in [0.25, 0.3) is 11.0 Å². The molecule has 27 heavy (non-hydrogen) atoms. The number of aromatic amines is 1. The summed E-state index contributed by atoms with van der Waals surface area (Å²) in [6.45, 7) is 2.61. The molecule has 2 amide bonds. The number of nitrogens with one attached hydrogen (secondary N) is 3. The lowest BCUT2D eigenvalue weighted by molar-refractivity contribution is -0.137. The number of aromatic nitrogens is 2. The van der Waals surface area contributed by atoms with Gasteiger partial charge in [-0.15, -0.1) is 0 Å². The smallest absolute Gasteiger partial charge is 0.330 e. The number of benzene rings is 1. The van der Waals surface area contributed by atoms with Crippen LogP contribution in [0.5, 0.6) is 0 Å². The monoisotopic (exact) mass is 370 g/mol. The number of imidazole rings is 1. The van der Waals surface area contributed by atoms with Crippen molar-refractivity contribution in [3.8, 4) is 0 Å². The van der Waals surface area contributed by atoms with Gasteiger partial charge in [0.25, 0.3) is 5.91 Å². The molecule has 1 aliphatic rings. The van der Waals surface area contributed by atoms with Gasteiger partial charge in [-0.1, -0.05) is 18.2 Å². The zero-order valence-corrected chi connectivity index (χ0v) is 15.0. The van der Waals surface area contributed by atoms with E-state index in [9.17, 15) is 14.4 Å². The summed E-state index contributed by atoms with van der Waals surface area (Å²) in [4.78, 5) is 43.3. The van der Waals surface area contributed by atoms with E-state index < -0.39 is 17.9 Å². The van der Waals surface area contributed by atoms with E-state index in [-0.39, 0.29) is 24.3 Å². The maximum absolute atomic E-state index is 12.6. The second-order valence-corrected chi connectivity index (χ2v) is 6.31. The highest BCUT2D eigenvalue weighted by Gasteiger charge is 2.27. The molecule has 3 N–H and O–H groups in total. The molecule has 0 radical (unpaired) electrons. The zero-order chi connectivity index (χ0) is 19.2. The van der Waals surface area contributed by atoms with Crippen molar-refractivity contribution in [2.45, 2.75) is 25.8 Å². The topological polar surface area (TPSA) is 113 Å². The molecule has 0 unspecified atom stereocenters. The molecular formula is C19H22N4O4. The Morgan fingerprint density at radius 1 is 1.41 bits per heavy atom. The fourth-order valence-corrected chi connectivity index (χ4v) is 3.04. The van der Waals surface area contributed by atoms with Gasteiger partial charge in [-0.05, 0) is 31.9 Å². The maximum Gasteiger partial charge on any atom is 0.330 e. The van der Waals surface area contributed by atoms with Crippen LogP contribution in [0.1, 0.15) is 30.4 Å². The van der Waals surface area contributed by atoms with Crippen molar-refractivity contribution in [3.05, 3.63) is 42.2 Å². The van der Waals surface area contributed by atoms with Gasteiger partial charge in [0.1, 0.15) is 0 Å². The number of para-hydroxylation sites is 2. The van der Waals surface area contributed by atoms with E-state index in [0.717, 1.165) is 5.52 Å². The first-order valence-electron chi connectivity index (χ1n) is 8.95. The third kappa shape index (κ3) is 4.72. The number of nitrogens with zero attached hydrogens (tertiary/aromatic N) is 1. The van der Waals surface area contributed by atoms with E-state index in [1.807, 2.05) is 24.3 Å². The second kappa shape index (κ2) is 8.48. The van der Waals surface area contributed by atoms with Crippen molar-refractivity contribution < 1.29 is 19.1 Å². The largest absolute Gasteiger partial charge is 0.463 e. The number of esters is 1. The Bertz CT molecular complexity index is 840. The summed E-state index contributed by atoms with van der Waals surface area (Å²) in [6.07, 6.45) is 3.93. The molecule has 8 heteroatoms. The predicted molar refractivity (Wildman–Crippen MR) is 98.9 cm³/mol. The molecule has 1 fully saturated rings. The van der Waals surface area contributed by atoms with E-state index in [2.05, 4.69) is 20.6 Å². The summed E-state index contributed by atoms with van der Waals surface area (Å²) in [5, 5.41) is 5.61. The summed E-state index contributed by atoms with van der Waals surface area (Å²) < 4.78 is 4.88. The van der Waals surface area contributed by atoms with Crippen LogP contribution >= 0.6 is 0 Å². The normalized spacial score (nSPS) is 17.8. The Hall–Kier alpha value is -3.16. The summed E-state index contributed by atoms with van der Waals surface area (Å²) >= 11 is 0. The molecule has 2 heterocycles. The maximum atomic E-state index is 12.6. The number of fused-ring (bicyclic) bond motifs is 1. The third-order valence-corrected chi connectivity index (χ3v) is 4.37. The zero-order valence-electron chi connectivity index (χ0n) is 15.0. The van der Waals surface area contributed by atoms with E-state index >= 15 is 0 Å². The van der Waals surface area contributed by atoms with Gasteiger partial charge in [-0.25, -0.2) is 9.78 Å². The quantitative estimate of drug-likeness (QED) is 0.502. The van der Waals surface area contributed by atoms with Crippen molar-refractivity contribution in [1.29, 1.82) is 0 Å². The number of carbonyl (C=O) groups excluding carboxylic acids is 3. The van der Waals surface area contributed by atoms with Crippen LogP contribution in [-0.4, -0.2) is 46.9 Å². The molecule has 8 nitrogen and oxygen atoms in total. The number of hydrogen-bond donors (Lipinski definition) is 3. The molecule has 2 atom stereocenters. The number of rotatable bonds is 7. The SMILES string of the molecule is CCOC(=O)/C=C/[C@H](C[C@@H]1CCNC1=O)NC(=O)c1nc2ccccc2[nH]1. The lowest BCUT2D eigenvalue weighted by Crippen LogP contribution is -2.37. The highest BCUT2D eigenvalue weighted by molar-refractivity contribution is 5.94. The molecule has 1 aromatic heterocycles. The molecule has 0 aliphatic carbocycles. The van der Waals surface area contributed by atoms with Gasteiger partial charge in [-0.2, -0.15) is 0 Å². The van der Waals surface area contributed by atoms with Crippen molar-refractivity contribution in [3.63, 3.8) is 0 Å². The average molecular weight is 370 g/mol. The minimum Gasteiger partial charge on any atom is -0.463 e. The standard InChI is InChI=1S/C19H22N4O4/c1-2-27-16(24)8-7-13(11-12-9-10-20-18(12)25)21-19(26)17-22-14-5-3-4-6-15(14)23-17/h3-8,12-13H,2,9-11H2,1H3,(H,20,25)(H,21,26)(H,22,23)/b8-7+/t12-,13+/m0/s1. The fraction of sp³-hybridized carbons (Fsp3) is 0.368. The second-order valence-electron chi connectivity index (χ2n) is 6.31. The number of ether oxygens (including phenoxy) is 1. The van der Waals surface area contributed by atoms with Gasteiger partial charge in [0.05, 0.1) is 17.6 Å². The van der Waals surface area contributed by atoms with Gasteiger partial charge < -0.3 is 20.4 Å². The van der Waals surface area contributed by atoms with E-state index in [1.165, 1.54) is 6.08 Å². The Morgan fingerprint density at radius 2 is 2.22 bits per heavy atom. The van der Waals surface area contributed by atoms with Crippen molar-refractivity contribution in [2.24, 2.45) is 5.92 Å². The van der Waals surface area contributed by atoms with Crippen LogP contribution in [0, 0.1) is 5.92 Å². The van der Waals surface area contributed by atoms with Crippen molar-refractivity contribution >= 4 is 28.8 Å². The van der Waals surface area contributed by atoms with E-state index in [4.69, 9.17) is 4.74 Å². The highest BCUT2D eigenvalue weighted by Crippen LogP contribution is 2.17. The van der Waals surface area contributed by atoms with Gasteiger partial charge in [0.15, 0.2) is 5.82 Å². The molecule has 3 rings (SSSR count). The lowest BCUT2D eigenvalue weighted by atomic mass is 9.98. The van der Waals surface area contributed by atoms with Gasteiger partial charge in [-0.3, -0.25) is 9.59 Å². The first-order chi connectivity index (χ1) is 13.1. The van der Waals surface area contributed by atoms with Crippen LogP contribution in [0.2, 0.25) is 0 Å². The van der Waals surface area contributed by atoms with Crippen LogP contribution in [0.15, 0.2) is 36.4 Å². The number of H-pyrrole nitrogens is 1. The molecule has 0 spiro atoms. The van der Waals surface area contributed by atoms with Crippen LogP contribution in [0.3, 0.4) is 0 Å². The molecule has 0 saturated carbocycles. The van der Waals surface area contributed by atoms with E-state index in [1.54, 1.807) is 13.0 Å². The van der Waals surface area contributed by atoms with Crippen LogP contribution in [0.4, 0.5) is 0 Å². The lowest BCUT2D eigenvalue weighted by Gasteiger charge is -2.17. The Balaban J connectivity index is 1.73. The first kappa shape index (κ1) is 18.6. The van der Waals surface area contributed by atoms with E-state index in [0.29, 0.717) is 24.9 Å². The predicted octanol–water partition coefficient (Wildman–Crippen LogP) is 1.31. The van der Waals surface area contributed by atoms with Gasteiger partial charge in [0.2, 0.25) is 5.91 Å². The first-order valence-corrected chi connectivity index (χ1v) is 8.95. The van der Waals surface area contributed by atoms with Crippen molar-refractivity contribution in [1.82, 2.24) is 20.6 Å². The fourth-order valence-electron chi connectivity index (χ4n) is 3.04. The molecule has 1 saturated heterocycles. The van der Waals surface area contributed by atoms with Crippen LogP contribution in [-0.2, 0) is 14.3 Å². The Labute approximate surface area is 156 Å². The minimum atomic E-state index is -0.496. The summed E-state index contributed by atoms with van der Waals surface area (Å²) in [5.41, 5.74) is 1.45. The third-order valence-electron chi connectivity index (χ3n) is 4.37. The van der Waals surface area contributed by atoms with Gasteiger partial charge >= 0.3 is 5.97 Å². The average Bonchev–Trinajstić information content (AvgIpc) is 3.26. The molecule has 2 aromatic rings. The Morgan fingerprint density at radius 3 is 2.93 bits per heavy atom. The minimum absolute atomic E-state index is 0.0393. The molecule has 0 bridgehead atoms. The molecule has 1 aliphatic heterocycles. The number of amides is 2. The summed E-state index contributed by atoms with van der Waals surface area (Å²) in [7, 11) is 0. The molecule has 142 valence electrons.